The molecule has 0 fully saturated rings. The van der Waals surface area contributed by atoms with Crippen LogP contribution in [0.15, 0.2) is 47.4 Å². The lowest BCUT2D eigenvalue weighted by atomic mass is 10.00. The van der Waals surface area contributed by atoms with Gasteiger partial charge in [-0.2, -0.15) is 0 Å². The van der Waals surface area contributed by atoms with Crippen molar-refractivity contribution < 1.29 is 14.7 Å². The van der Waals surface area contributed by atoms with Crippen LogP contribution in [-0.4, -0.2) is 16.9 Å². The highest BCUT2D eigenvalue weighted by Gasteiger charge is 2.11. The Hall–Kier alpha value is -2.20. The van der Waals surface area contributed by atoms with Crippen molar-refractivity contribution in [2.75, 3.05) is 0 Å². The van der Waals surface area contributed by atoms with Crippen LogP contribution in [0.25, 0.3) is 6.08 Å². The summed E-state index contributed by atoms with van der Waals surface area (Å²) < 4.78 is 0. The van der Waals surface area contributed by atoms with Gasteiger partial charge in [0.1, 0.15) is 0 Å². The van der Waals surface area contributed by atoms with E-state index in [2.05, 4.69) is 6.92 Å². The third-order valence-electron chi connectivity index (χ3n) is 4.33. The second-order valence-electron chi connectivity index (χ2n) is 6.42. The Labute approximate surface area is 159 Å². The maximum atomic E-state index is 12.3. The number of hydrogen-bond donors (Lipinski definition) is 1. The van der Waals surface area contributed by atoms with E-state index in [0.717, 1.165) is 11.3 Å². The fraction of sp³-hybridized carbons (Fsp3) is 0.364. The predicted molar refractivity (Wildman–Crippen MR) is 108 cm³/mol. The minimum atomic E-state index is -0.915. The van der Waals surface area contributed by atoms with E-state index < -0.39 is 5.97 Å². The molecule has 26 heavy (non-hydrogen) atoms. The lowest BCUT2D eigenvalue weighted by Crippen LogP contribution is -2.03. The normalized spacial score (nSPS) is 11.5. The van der Waals surface area contributed by atoms with Crippen LogP contribution in [0.5, 0.6) is 0 Å². The molecule has 0 spiro atoms. The van der Waals surface area contributed by atoms with Gasteiger partial charge in [0.25, 0.3) is 0 Å². The highest BCUT2D eigenvalue weighted by molar-refractivity contribution is 7.10. The molecule has 0 atom stereocenters. The molecule has 0 aliphatic rings. The lowest BCUT2D eigenvalue weighted by Gasteiger charge is -2.05. The summed E-state index contributed by atoms with van der Waals surface area (Å²) in [5.41, 5.74) is 2.33. The van der Waals surface area contributed by atoms with Crippen LogP contribution in [0.2, 0.25) is 0 Å². The molecule has 1 heterocycles. The van der Waals surface area contributed by atoms with Gasteiger partial charge in [-0.1, -0.05) is 50.1 Å². The molecule has 4 heteroatoms. The first-order valence-electron chi connectivity index (χ1n) is 9.19. The molecule has 0 unspecified atom stereocenters. The molecule has 1 N–H and O–H groups in total. The zero-order valence-electron chi connectivity index (χ0n) is 15.2. The maximum absolute atomic E-state index is 12.3. The summed E-state index contributed by atoms with van der Waals surface area (Å²) in [4.78, 5) is 24.6. The zero-order valence-corrected chi connectivity index (χ0v) is 16.1. The molecule has 3 nitrogen and oxygen atoms in total. The van der Waals surface area contributed by atoms with E-state index in [1.54, 1.807) is 6.08 Å². The van der Waals surface area contributed by atoms with Crippen LogP contribution in [0.1, 0.15) is 66.2 Å². The van der Waals surface area contributed by atoms with Crippen molar-refractivity contribution in [2.24, 2.45) is 0 Å². The second kappa shape index (κ2) is 10.7. The van der Waals surface area contributed by atoms with E-state index in [9.17, 15) is 14.7 Å². The van der Waals surface area contributed by atoms with Gasteiger partial charge in [0.15, 0.2) is 5.78 Å². The highest BCUT2D eigenvalue weighted by atomic mass is 32.1. The minimum absolute atomic E-state index is 0.0750. The summed E-state index contributed by atoms with van der Waals surface area (Å²) in [6, 6.07) is 11.6. The number of carbonyl (C=O) groups is 2. The van der Waals surface area contributed by atoms with Crippen LogP contribution >= 0.6 is 11.3 Å². The minimum Gasteiger partial charge on any atom is -0.478 e. The van der Waals surface area contributed by atoms with Crippen LogP contribution in [0.3, 0.4) is 0 Å². The van der Waals surface area contributed by atoms with Crippen molar-refractivity contribution in [3.05, 3.63) is 63.4 Å². The van der Waals surface area contributed by atoms with Gasteiger partial charge in [0.2, 0.25) is 0 Å². The zero-order chi connectivity index (χ0) is 18.8. The average molecular weight is 371 g/mol. The number of benzene rings is 1. The molecule has 0 saturated heterocycles. The van der Waals surface area contributed by atoms with E-state index in [0.29, 0.717) is 30.4 Å². The largest absolute Gasteiger partial charge is 0.478 e. The number of Topliss-reactive ketones (excluding diaryl/α,β-unsaturated/α-hetero) is 1. The monoisotopic (exact) mass is 370 g/mol. The summed E-state index contributed by atoms with van der Waals surface area (Å²) >= 11 is 1.51. The van der Waals surface area contributed by atoms with Crippen molar-refractivity contribution in [1.82, 2.24) is 0 Å². The van der Waals surface area contributed by atoms with Gasteiger partial charge in [-0.25, -0.2) is 4.79 Å². The first kappa shape index (κ1) is 20.1. The molecule has 0 radical (unpaired) electrons. The summed E-state index contributed by atoms with van der Waals surface area (Å²) in [5, 5.41) is 11.2. The van der Waals surface area contributed by atoms with Crippen molar-refractivity contribution in [2.45, 2.75) is 51.9 Å². The Balaban J connectivity index is 1.84. The van der Waals surface area contributed by atoms with Crippen molar-refractivity contribution in [1.29, 1.82) is 0 Å². The predicted octanol–water partition coefficient (Wildman–Crippen LogP) is 6.00. The van der Waals surface area contributed by atoms with Gasteiger partial charge >= 0.3 is 5.97 Å². The number of unbranched alkanes of at least 4 members (excludes halogenated alkanes) is 2. The SMILES string of the molecule is CCCCCc1ccc(C(=O)CCC/C(=C/c2cccs2)C(=O)O)cc1. The van der Waals surface area contributed by atoms with Crippen molar-refractivity contribution in [3.63, 3.8) is 0 Å². The average Bonchev–Trinajstić information content (AvgIpc) is 3.14. The Morgan fingerprint density at radius 1 is 1.04 bits per heavy atom. The van der Waals surface area contributed by atoms with Crippen molar-refractivity contribution >= 4 is 29.2 Å². The maximum Gasteiger partial charge on any atom is 0.331 e. The highest BCUT2D eigenvalue weighted by Crippen LogP contribution is 2.18. The number of carboxylic acid groups (broad SMARTS) is 1. The van der Waals surface area contributed by atoms with Gasteiger partial charge < -0.3 is 5.11 Å². The second-order valence-corrected chi connectivity index (χ2v) is 7.40. The molecular formula is C22H26O3S. The van der Waals surface area contributed by atoms with E-state index in [4.69, 9.17) is 0 Å². The molecule has 0 aliphatic heterocycles. The summed E-state index contributed by atoms with van der Waals surface area (Å²) in [6.45, 7) is 2.19. The molecule has 2 rings (SSSR count). The molecule has 0 amide bonds. The number of thiophene rings is 1. The molecule has 0 aliphatic carbocycles. The number of carbonyl (C=O) groups excluding carboxylic acids is 1. The van der Waals surface area contributed by atoms with E-state index in [-0.39, 0.29) is 5.78 Å². The van der Waals surface area contributed by atoms with Crippen LogP contribution in [-0.2, 0) is 11.2 Å². The molecule has 138 valence electrons. The molecule has 0 bridgehead atoms. The van der Waals surface area contributed by atoms with Gasteiger partial charge in [-0.05, 0) is 48.8 Å². The molecule has 0 saturated carbocycles. The molecule has 1 aromatic carbocycles. The standard InChI is InChI=1S/C22H26O3S/c1-2-3-4-7-17-11-13-18(14-12-17)21(23)10-5-8-19(22(24)25)16-20-9-6-15-26-20/h6,9,11-16H,2-5,7-8,10H2,1H3,(H,24,25)/b19-16-. The lowest BCUT2D eigenvalue weighted by molar-refractivity contribution is -0.132. The van der Waals surface area contributed by atoms with E-state index in [1.807, 2.05) is 41.8 Å². The number of hydrogen-bond acceptors (Lipinski definition) is 3. The Morgan fingerprint density at radius 3 is 2.42 bits per heavy atom. The van der Waals surface area contributed by atoms with Gasteiger partial charge in [0.05, 0.1) is 0 Å². The number of aliphatic carboxylic acids is 1. The smallest absolute Gasteiger partial charge is 0.331 e. The van der Waals surface area contributed by atoms with Crippen LogP contribution in [0, 0.1) is 0 Å². The Morgan fingerprint density at radius 2 is 1.81 bits per heavy atom. The van der Waals surface area contributed by atoms with E-state index >= 15 is 0 Å². The molecule has 1 aromatic heterocycles. The Bertz CT molecular complexity index is 727. The topological polar surface area (TPSA) is 54.4 Å². The number of rotatable bonds is 11. The van der Waals surface area contributed by atoms with Gasteiger partial charge in [0, 0.05) is 22.4 Å². The number of ketones is 1. The summed E-state index contributed by atoms with van der Waals surface area (Å²) in [7, 11) is 0. The Kier molecular flexibility index (Phi) is 8.29. The fourth-order valence-corrected chi connectivity index (χ4v) is 3.49. The summed E-state index contributed by atoms with van der Waals surface area (Å²) in [5.74, 6) is -0.840. The molecular weight excluding hydrogens is 344 g/mol. The van der Waals surface area contributed by atoms with Gasteiger partial charge in [-0.15, -0.1) is 11.3 Å². The summed E-state index contributed by atoms with van der Waals surface area (Å²) in [6.07, 6.45) is 7.67. The first-order valence-corrected chi connectivity index (χ1v) is 10.1. The van der Waals surface area contributed by atoms with Crippen molar-refractivity contribution in [3.8, 4) is 0 Å². The fourth-order valence-electron chi connectivity index (χ4n) is 2.81. The quantitative estimate of drug-likeness (QED) is 0.300. The third kappa shape index (κ3) is 6.60. The van der Waals surface area contributed by atoms with E-state index in [1.165, 1.54) is 36.2 Å². The third-order valence-corrected chi connectivity index (χ3v) is 5.15. The molecule has 2 aromatic rings. The number of aryl methyl sites for hydroxylation is 1. The first-order chi connectivity index (χ1) is 12.6. The number of carboxylic acids is 1. The van der Waals surface area contributed by atoms with Gasteiger partial charge in [-0.3, -0.25) is 4.79 Å². The van der Waals surface area contributed by atoms with Crippen LogP contribution < -0.4 is 0 Å². The van der Waals surface area contributed by atoms with Crippen LogP contribution in [0.4, 0.5) is 0 Å².